The minimum absolute atomic E-state index is 0.0590. The van der Waals surface area contributed by atoms with Gasteiger partial charge >= 0.3 is 0 Å². The summed E-state index contributed by atoms with van der Waals surface area (Å²) in [4.78, 5) is 33.5. The van der Waals surface area contributed by atoms with E-state index in [1.165, 1.54) is 0 Å². The lowest BCUT2D eigenvalue weighted by atomic mass is 9.88. The summed E-state index contributed by atoms with van der Waals surface area (Å²) in [5.74, 6) is 0.958. The van der Waals surface area contributed by atoms with Crippen molar-refractivity contribution >= 4 is 5.91 Å². The van der Waals surface area contributed by atoms with Crippen LogP contribution in [0.1, 0.15) is 54.0 Å². The maximum absolute atomic E-state index is 13.5. The molecule has 6 heteroatoms. The van der Waals surface area contributed by atoms with Crippen molar-refractivity contribution in [1.82, 2.24) is 14.5 Å². The molecule has 2 unspecified atom stereocenters. The fourth-order valence-electron chi connectivity index (χ4n) is 4.79. The molecule has 0 radical (unpaired) electrons. The van der Waals surface area contributed by atoms with Gasteiger partial charge in [-0.25, -0.2) is 4.98 Å². The number of ether oxygens (including phenoxy) is 1. The molecule has 3 heterocycles. The second-order valence-corrected chi connectivity index (χ2v) is 8.73. The number of amides is 1. The molecule has 6 nitrogen and oxygen atoms in total. The lowest BCUT2D eigenvalue weighted by Crippen LogP contribution is -2.45. The first-order chi connectivity index (χ1) is 15.6. The van der Waals surface area contributed by atoms with Crippen LogP contribution in [0.4, 0.5) is 0 Å². The van der Waals surface area contributed by atoms with E-state index in [2.05, 4.69) is 6.92 Å². The van der Waals surface area contributed by atoms with E-state index in [9.17, 15) is 9.59 Å². The third-order valence-electron chi connectivity index (χ3n) is 6.52. The average Bonchev–Trinajstić information content (AvgIpc) is 3.29. The van der Waals surface area contributed by atoms with Crippen molar-refractivity contribution in [2.75, 3.05) is 0 Å². The summed E-state index contributed by atoms with van der Waals surface area (Å²) in [6.45, 7) is 3.72. The lowest BCUT2D eigenvalue weighted by Gasteiger charge is -2.40. The normalized spacial score (nSPS) is 20.4. The number of fused-ring (bicyclic) bond motifs is 1. The average molecular weight is 430 g/mol. The Balaban J connectivity index is 1.62. The number of likely N-dealkylation sites (tertiary alicyclic amines) is 1. The van der Waals surface area contributed by atoms with Crippen LogP contribution < -0.4 is 5.56 Å². The Morgan fingerprint density at radius 2 is 1.59 bits per heavy atom. The Bertz CT molecular complexity index is 1170. The number of hydrogen-bond donors (Lipinski definition) is 0. The van der Waals surface area contributed by atoms with Crippen molar-refractivity contribution in [3.63, 3.8) is 0 Å². The zero-order chi connectivity index (χ0) is 22.1. The highest BCUT2D eigenvalue weighted by Gasteiger charge is 2.38. The third-order valence-corrected chi connectivity index (χ3v) is 6.52. The third kappa shape index (κ3) is 3.86. The van der Waals surface area contributed by atoms with E-state index >= 15 is 0 Å². The van der Waals surface area contributed by atoms with E-state index in [4.69, 9.17) is 9.72 Å². The van der Waals surface area contributed by atoms with Gasteiger partial charge < -0.3 is 9.64 Å². The van der Waals surface area contributed by atoms with Crippen LogP contribution in [0.3, 0.4) is 0 Å². The van der Waals surface area contributed by atoms with Gasteiger partial charge in [0.15, 0.2) is 0 Å². The summed E-state index contributed by atoms with van der Waals surface area (Å²) in [5.41, 5.74) is 3.38. The Labute approximate surface area is 187 Å². The molecule has 1 aromatic heterocycles. The Morgan fingerprint density at radius 1 is 0.938 bits per heavy atom. The number of benzene rings is 2. The molecule has 1 fully saturated rings. The van der Waals surface area contributed by atoms with Crippen molar-refractivity contribution in [2.45, 2.75) is 52.1 Å². The highest BCUT2D eigenvalue weighted by atomic mass is 16.5. The predicted molar refractivity (Wildman–Crippen MR) is 121 cm³/mol. The molecule has 0 saturated carbocycles. The van der Waals surface area contributed by atoms with E-state index < -0.39 is 0 Å². The minimum atomic E-state index is -0.265. The Kier molecular flexibility index (Phi) is 5.62. The van der Waals surface area contributed by atoms with Crippen molar-refractivity contribution < 1.29 is 9.53 Å². The molecule has 2 aliphatic heterocycles. The maximum Gasteiger partial charge on any atom is 0.259 e. The summed E-state index contributed by atoms with van der Waals surface area (Å²) in [7, 11) is 0. The zero-order valence-corrected chi connectivity index (χ0v) is 18.2. The van der Waals surface area contributed by atoms with Gasteiger partial charge in [-0.05, 0) is 23.5 Å². The number of piperidine rings is 1. The van der Waals surface area contributed by atoms with Crippen LogP contribution in [0.2, 0.25) is 0 Å². The second-order valence-electron chi connectivity index (χ2n) is 8.73. The number of carbonyl (C=O) groups excluding carboxylic acids is 1. The zero-order valence-electron chi connectivity index (χ0n) is 18.2. The molecule has 5 rings (SSSR count). The number of nitrogens with zero attached hydrogens (tertiary/aromatic N) is 3. The van der Waals surface area contributed by atoms with Crippen LogP contribution in [-0.2, 0) is 35.8 Å². The minimum Gasteiger partial charge on any atom is -0.370 e. The highest BCUT2D eigenvalue weighted by molar-refractivity contribution is 5.77. The summed E-state index contributed by atoms with van der Waals surface area (Å²) in [6, 6.07) is 19.7. The predicted octanol–water partition coefficient (Wildman–Crippen LogP) is 3.82. The molecular formula is C26H27N3O3. The molecule has 0 N–H and O–H groups in total. The van der Waals surface area contributed by atoms with Gasteiger partial charge in [0.05, 0.1) is 37.1 Å². The van der Waals surface area contributed by atoms with Crippen LogP contribution in [0, 0.1) is 5.92 Å². The summed E-state index contributed by atoms with van der Waals surface area (Å²) < 4.78 is 7.32. The molecule has 0 spiro atoms. The van der Waals surface area contributed by atoms with Gasteiger partial charge in [0, 0.05) is 13.0 Å². The molecular weight excluding hydrogens is 402 g/mol. The standard InChI is InChI=1S/C26H27N3O3/c1-18-12-13-23(30)28(14-19-8-4-2-5-9-19)24(18)25-27-22-17-32-16-21(22)26(31)29(25)15-20-10-6-3-7-11-20/h2-11,18,24H,12-17H2,1H3. The van der Waals surface area contributed by atoms with Gasteiger partial charge in [-0.15, -0.1) is 0 Å². The molecule has 2 atom stereocenters. The topological polar surface area (TPSA) is 64.4 Å². The van der Waals surface area contributed by atoms with E-state index in [0.717, 1.165) is 17.5 Å². The van der Waals surface area contributed by atoms with E-state index in [0.29, 0.717) is 49.8 Å². The van der Waals surface area contributed by atoms with Crippen LogP contribution in [0.5, 0.6) is 0 Å². The molecule has 164 valence electrons. The second kappa shape index (κ2) is 8.71. The largest absolute Gasteiger partial charge is 0.370 e. The van der Waals surface area contributed by atoms with Crippen molar-refractivity contribution in [3.05, 3.63) is 99.2 Å². The smallest absolute Gasteiger partial charge is 0.259 e. The molecule has 0 bridgehead atoms. The molecule has 1 saturated heterocycles. The van der Waals surface area contributed by atoms with Crippen molar-refractivity contribution in [2.24, 2.45) is 5.92 Å². The van der Waals surface area contributed by atoms with Gasteiger partial charge in [-0.2, -0.15) is 0 Å². The summed E-state index contributed by atoms with van der Waals surface area (Å²) in [6.07, 6.45) is 1.30. The van der Waals surface area contributed by atoms with Crippen LogP contribution in [-0.4, -0.2) is 20.4 Å². The van der Waals surface area contributed by atoms with Gasteiger partial charge in [0.25, 0.3) is 5.56 Å². The van der Waals surface area contributed by atoms with E-state index in [-0.39, 0.29) is 23.4 Å². The van der Waals surface area contributed by atoms with Crippen LogP contribution >= 0.6 is 0 Å². The quantitative estimate of drug-likeness (QED) is 0.619. The number of aromatic nitrogens is 2. The summed E-state index contributed by atoms with van der Waals surface area (Å²) >= 11 is 0. The first-order valence-electron chi connectivity index (χ1n) is 11.2. The number of carbonyl (C=O) groups is 1. The van der Waals surface area contributed by atoms with E-state index in [1.807, 2.05) is 65.6 Å². The van der Waals surface area contributed by atoms with Crippen molar-refractivity contribution in [3.8, 4) is 0 Å². The van der Waals surface area contributed by atoms with E-state index in [1.54, 1.807) is 4.57 Å². The first kappa shape index (κ1) is 20.6. The van der Waals surface area contributed by atoms with Gasteiger partial charge in [0.1, 0.15) is 5.82 Å². The van der Waals surface area contributed by atoms with Crippen molar-refractivity contribution in [1.29, 1.82) is 0 Å². The monoisotopic (exact) mass is 429 g/mol. The van der Waals surface area contributed by atoms with Crippen LogP contribution in [0.25, 0.3) is 0 Å². The first-order valence-corrected chi connectivity index (χ1v) is 11.2. The molecule has 2 aromatic carbocycles. The Hall–Kier alpha value is -3.25. The van der Waals surface area contributed by atoms with Crippen LogP contribution in [0.15, 0.2) is 65.5 Å². The number of hydrogen-bond acceptors (Lipinski definition) is 4. The summed E-state index contributed by atoms with van der Waals surface area (Å²) in [5, 5.41) is 0. The molecule has 2 aliphatic rings. The molecule has 32 heavy (non-hydrogen) atoms. The van der Waals surface area contributed by atoms with Gasteiger partial charge in [-0.1, -0.05) is 67.6 Å². The Morgan fingerprint density at radius 3 is 2.28 bits per heavy atom. The fraction of sp³-hybridized carbons (Fsp3) is 0.346. The SMILES string of the molecule is CC1CCC(=O)N(Cc2ccccc2)C1c1nc2c(c(=O)n1Cc1ccccc1)COC2. The number of rotatable bonds is 5. The molecule has 3 aromatic rings. The molecule has 1 amide bonds. The fourth-order valence-corrected chi connectivity index (χ4v) is 4.79. The lowest BCUT2D eigenvalue weighted by molar-refractivity contribution is -0.140. The maximum atomic E-state index is 13.5. The highest BCUT2D eigenvalue weighted by Crippen LogP contribution is 2.37. The van der Waals surface area contributed by atoms with Gasteiger partial charge in [-0.3, -0.25) is 14.2 Å². The van der Waals surface area contributed by atoms with Gasteiger partial charge in [0.2, 0.25) is 5.91 Å². The molecule has 0 aliphatic carbocycles.